The molecule has 196 valence electrons. The normalized spacial score (nSPS) is 9.16. The van der Waals surface area contributed by atoms with Crippen molar-refractivity contribution in [2.45, 2.75) is 129 Å². The van der Waals surface area contributed by atoms with Gasteiger partial charge in [0.25, 0.3) is 0 Å². The number of rotatable bonds is 6. The predicted molar refractivity (Wildman–Crippen MR) is 157 cm³/mol. The van der Waals surface area contributed by atoms with Gasteiger partial charge < -0.3 is 0 Å². The van der Waals surface area contributed by atoms with Crippen LogP contribution in [-0.4, -0.2) is 11.0 Å². The molecule has 0 rings (SSSR count). The van der Waals surface area contributed by atoms with Crippen molar-refractivity contribution in [1.29, 1.82) is 0 Å². The SMILES string of the molecule is C=CC.C=CCC.CC.CC.CC.CC.CCC(C)[N+](=O)[O-].C\C=C/C=C\C(=C/C)CC. The Balaban J connectivity index is -0.0000000383. The smallest absolute Gasteiger partial charge is 0.210 e. The van der Waals surface area contributed by atoms with E-state index < -0.39 is 0 Å². The monoisotopic (exact) mass is 457 g/mol. The molecule has 0 aliphatic heterocycles. The van der Waals surface area contributed by atoms with E-state index in [0.29, 0.717) is 6.42 Å². The van der Waals surface area contributed by atoms with Crippen molar-refractivity contribution in [3.8, 4) is 0 Å². The van der Waals surface area contributed by atoms with Crippen LogP contribution in [0.5, 0.6) is 0 Å². The third-order valence-electron chi connectivity index (χ3n) is 2.63. The van der Waals surface area contributed by atoms with Crippen LogP contribution < -0.4 is 0 Å². The van der Waals surface area contributed by atoms with Crippen LogP contribution in [-0.2, 0) is 0 Å². The molecule has 0 bridgehead atoms. The highest BCUT2D eigenvalue weighted by Gasteiger charge is 2.06. The zero-order chi connectivity index (χ0) is 27.8. The summed E-state index contributed by atoms with van der Waals surface area (Å²) in [4.78, 5) is 9.46. The van der Waals surface area contributed by atoms with E-state index in [-0.39, 0.29) is 11.0 Å². The lowest BCUT2D eigenvalue weighted by atomic mass is 10.2. The van der Waals surface area contributed by atoms with Gasteiger partial charge in [-0.05, 0) is 33.6 Å². The van der Waals surface area contributed by atoms with E-state index in [4.69, 9.17) is 0 Å². The molecule has 32 heavy (non-hydrogen) atoms. The van der Waals surface area contributed by atoms with Crippen LogP contribution in [0.3, 0.4) is 0 Å². The van der Waals surface area contributed by atoms with Crippen molar-refractivity contribution in [2.24, 2.45) is 0 Å². The van der Waals surface area contributed by atoms with Crippen LogP contribution in [0, 0.1) is 10.1 Å². The van der Waals surface area contributed by atoms with Gasteiger partial charge in [-0.2, -0.15) is 0 Å². The molecule has 0 aliphatic carbocycles. The summed E-state index contributed by atoms with van der Waals surface area (Å²) in [6.45, 7) is 36.4. The minimum absolute atomic E-state index is 0.278. The number of nitrogens with zero attached hydrogens (tertiary/aromatic N) is 1. The third-order valence-corrected chi connectivity index (χ3v) is 2.63. The first-order valence-electron chi connectivity index (χ1n) is 12.6. The van der Waals surface area contributed by atoms with E-state index in [1.165, 1.54) is 5.57 Å². The maximum absolute atomic E-state index is 9.74. The Morgan fingerprint density at radius 2 is 1.22 bits per heavy atom. The minimum Gasteiger partial charge on any atom is -0.264 e. The van der Waals surface area contributed by atoms with Gasteiger partial charge in [0, 0.05) is 18.3 Å². The second kappa shape index (κ2) is 78.6. The molecule has 0 amide bonds. The van der Waals surface area contributed by atoms with Crippen LogP contribution in [0.2, 0.25) is 0 Å². The number of hydrogen-bond acceptors (Lipinski definition) is 2. The van der Waals surface area contributed by atoms with E-state index in [1.54, 1.807) is 19.9 Å². The molecule has 0 spiro atoms. The fourth-order valence-electron chi connectivity index (χ4n) is 0.858. The van der Waals surface area contributed by atoms with Gasteiger partial charge in [-0.25, -0.2) is 0 Å². The summed E-state index contributed by atoms with van der Waals surface area (Å²) in [6.07, 6.45) is 16.9. The number of nitro groups is 1. The van der Waals surface area contributed by atoms with E-state index in [2.05, 4.69) is 52.2 Å². The Morgan fingerprint density at radius 3 is 1.34 bits per heavy atom. The van der Waals surface area contributed by atoms with Gasteiger partial charge in [-0.1, -0.05) is 124 Å². The van der Waals surface area contributed by atoms with Crippen LogP contribution in [0.1, 0.15) is 123 Å². The molecule has 0 heterocycles. The summed E-state index contributed by atoms with van der Waals surface area (Å²) >= 11 is 0. The highest BCUT2D eigenvalue weighted by Crippen LogP contribution is 2.01. The van der Waals surface area contributed by atoms with Crippen LogP contribution >= 0.6 is 0 Å². The first kappa shape index (κ1) is 52.2. The maximum Gasteiger partial charge on any atom is 0.210 e. The molecule has 0 saturated carbocycles. The maximum atomic E-state index is 9.74. The largest absolute Gasteiger partial charge is 0.264 e. The quantitative estimate of drug-likeness (QED) is 0.172. The van der Waals surface area contributed by atoms with Crippen molar-refractivity contribution < 1.29 is 4.92 Å². The van der Waals surface area contributed by atoms with Crippen molar-refractivity contribution >= 4 is 0 Å². The zero-order valence-electron chi connectivity index (χ0n) is 24.9. The Bertz CT molecular complexity index is 367. The lowest BCUT2D eigenvalue weighted by molar-refractivity contribution is -0.518. The first-order chi connectivity index (χ1) is 15.4. The summed E-state index contributed by atoms with van der Waals surface area (Å²) in [5.41, 5.74) is 1.39. The molecule has 0 aromatic rings. The average molecular weight is 458 g/mol. The van der Waals surface area contributed by atoms with E-state index in [0.717, 1.165) is 12.8 Å². The predicted octanol–water partition coefficient (Wildman–Crippen LogP) is 11.4. The fraction of sp³-hybridized carbons (Fsp3) is 0.655. The van der Waals surface area contributed by atoms with Crippen LogP contribution in [0.4, 0.5) is 0 Å². The molecular formula is C29H63NO2. The molecule has 1 unspecified atom stereocenters. The van der Waals surface area contributed by atoms with Gasteiger partial charge in [0.2, 0.25) is 6.04 Å². The number of allylic oxidation sites excluding steroid dienone is 8. The van der Waals surface area contributed by atoms with Gasteiger partial charge in [0.15, 0.2) is 0 Å². The van der Waals surface area contributed by atoms with Crippen molar-refractivity contribution in [2.75, 3.05) is 0 Å². The molecule has 0 fully saturated rings. The van der Waals surface area contributed by atoms with E-state index in [9.17, 15) is 10.1 Å². The summed E-state index contributed by atoms with van der Waals surface area (Å²) in [5, 5.41) is 9.74. The summed E-state index contributed by atoms with van der Waals surface area (Å²) in [6, 6.07) is -0.375. The molecule has 1 atom stereocenters. The van der Waals surface area contributed by atoms with Crippen molar-refractivity contribution in [3.63, 3.8) is 0 Å². The van der Waals surface area contributed by atoms with Gasteiger partial charge >= 0.3 is 0 Å². The minimum atomic E-state index is -0.375. The summed E-state index contributed by atoms with van der Waals surface area (Å²) < 4.78 is 0. The molecule has 0 aromatic carbocycles. The highest BCUT2D eigenvalue weighted by atomic mass is 16.6. The molecule has 0 aliphatic rings. The van der Waals surface area contributed by atoms with Crippen LogP contribution in [0.25, 0.3) is 0 Å². The van der Waals surface area contributed by atoms with Gasteiger partial charge in [-0.3, -0.25) is 10.1 Å². The summed E-state index contributed by atoms with van der Waals surface area (Å²) in [5.74, 6) is 0. The standard InChI is InChI=1S/C10H16.C4H9NO2.C4H8.C3H6.4C2H6/c1-4-7-8-9-10(5-2)6-3;1-3-4(2)5(6)7;1-3-4-2;1-3-2;4*1-2/h4-5,7-9H,6H2,1-3H3;4H,3H2,1-2H3;3H,1,4H2,2H3;3H,1H2,2H3;4*1-2H3/b7-4-,9-8-,10-5-;;;;;;;. The Kier molecular flexibility index (Phi) is 128. The fourth-order valence-corrected chi connectivity index (χ4v) is 0.858. The topological polar surface area (TPSA) is 43.1 Å². The van der Waals surface area contributed by atoms with Gasteiger partial charge in [-0.15, -0.1) is 13.2 Å². The Labute approximate surface area is 205 Å². The lowest BCUT2D eigenvalue weighted by Gasteiger charge is -1.94. The molecule has 3 heteroatoms. The van der Waals surface area contributed by atoms with Crippen molar-refractivity contribution in [3.05, 3.63) is 71.4 Å². The van der Waals surface area contributed by atoms with Crippen molar-refractivity contribution in [1.82, 2.24) is 0 Å². The van der Waals surface area contributed by atoms with Gasteiger partial charge in [0.05, 0.1) is 0 Å². The highest BCUT2D eigenvalue weighted by molar-refractivity contribution is 5.20. The lowest BCUT2D eigenvalue weighted by Crippen LogP contribution is -2.12. The molecule has 0 N–H and O–H groups in total. The second-order valence-corrected chi connectivity index (χ2v) is 4.75. The average Bonchev–Trinajstić information content (AvgIpc) is 2.87. The Morgan fingerprint density at radius 1 is 0.875 bits per heavy atom. The Hall–Kier alpha value is -1.90. The molecular weight excluding hydrogens is 394 g/mol. The van der Waals surface area contributed by atoms with E-state index in [1.807, 2.05) is 87.5 Å². The molecule has 0 radical (unpaired) electrons. The van der Waals surface area contributed by atoms with E-state index >= 15 is 0 Å². The third kappa shape index (κ3) is 104. The van der Waals surface area contributed by atoms with Gasteiger partial charge in [0.1, 0.15) is 0 Å². The summed E-state index contributed by atoms with van der Waals surface area (Å²) in [7, 11) is 0. The molecule has 0 saturated heterocycles. The molecule has 3 nitrogen and oxygen atoms in total. The first-order valence-corrected chi connectivity index (χ1v) is 12.6. The number of hydrogen-bond donors (Lipinski definition) is 0. The zero-order valence-corrected chi connectivity index (χ0v) is 24.9. The second-order valence-electron chi connectivity index (χ2n) is 4.75. The molecule has 0 aromatic heterocycles. The van der Waals surface area contributed by atoms with Crippen LogP contribution in [0.15, 0.2) is 61.3 Å².